The van der Waals surface area contributed by atoms with Crippen LogP contribution in [-0.2, 0) is 6.54 Å². The van der Waals surface area contributed by atoms with Crippen LogP contribution in [0.15, 0.2) is 17.1 Å². The molecule has 1 rings (SSSR count). The summed E-state index contributed by atoms with van der Waals surface area (Å²) in [5, 5.41) is 26.7. The van der Waals surface area contributed by atoms with Crippen molar-refractivity contribution in [3.8, 4) is 0 Å². The van der Waals surface area contributed by atoms with Crippen LogP contribution in [0, 0.1) is 6.92 Å². The van der Waals surface area contributed by atoms with Gasteiger partial charge in [0.1, 0.15) is 5.56 Å². The van der Waals surface area contributed by atoms with E-state index in [-0.39, 0.29) is 12.1 Å². The summed E-state index contributed by atoms with van der Waals surface area (Å²) in [5.41, 5.74) is -0.391. The molecule has 6 nitrogen and oxygen atoms in total. The zero-order valence-corrected chi connectivity index (χ0v) is 8.75. The molecule has 6 heteroatoms. The Bertz CT molecular complexity index is 451. The van der Waals surface area contributed by atoms with Crippen molar-refractivity contribution in [2.24, 2.45) is 0 Å². The van der Waals surface area contributed by atoms with Crippen molar-refractivity contribution in [1.29, 1.82) is 0 Å². The molecule has 0 saturated carbocycles. The zero-order valence-electron chi connectivity index (χ0n) is 8.75. The van der Waals surface area contributed by atoms with Gasteiger partial charge in [-0.15, -0.1) is 0 Å². The van der Waals surface area contributed by atoms with E-state index in [2.05, 4.69) is 0 Å². The molecule has 0 aliphatic heterocycles. The van der Waals surface area contributed by atoms with Crippen molar-refractivity contribution >= 4 is 5.97 Å². The number of aryl methyl sites for hydroxylation is 1. The zero-order chi connectivity index (χ0) is 12.3. The van der Waals surface area contributed by atoms with Gasteiger partial charge in [-0.3, -0.25) is 4.79 Å². The Labute approximate surface area is 91.4 Å². The van der Waals surface area contributed by atoms with Crippen molar-refractivity contribution in [3.05, 3.63) is 33.7 Å². The molecule has 0 fully saturated rings. The number of hydrogen-bond donors (Lipinski definition) is 3. The monoisotopic (exact) mass is 227 g/mol. The number of aromatic carboxylic acids is 1. The Kier molecular flexibility index (Phi) is 3.81. The number of pyridine rings is 1. The number of aliphatic hydroxyl groups is 2. The molecule has 0 aromatic carbocycles. The highest BCUT2D eigenvalue weighted by Crippen LogP contribution is 2.01. The number of nitrogens with zero attached hydrogens (tertiary/aromatic N) is 1. The lowest BCUT2D eigenvalue weighted by atomic mass is 10.2. The fourth-order valence-corrected chi connectivity index (χ4v) is 1.31. The molecule has 0 spiro atoms. The average molecular weight is 227 g/mol. The second kappa shape index (κ2) is 4.91. The second-order valence-corrected chi connectivity index (χ2v) is 3.49. The van der Waals surface area contributed by atoms with E-state index >= 15 is 0 Å². The topological polar surface area (TPSA) is 99.8 Å². The quantitative estimate of drug-likeness (QED) is 0.625. The summed E-state index contributed by atoms with van der Waals surface area (Å²) in [4.78, 5) is 22.0. The summed E-state index contributed by atoms with van der Waals surface area (Å²) < 4.78 is 1.42. The number of aliphatic hydroxyl groups excluding tert-OH is 2. The molecule has 1 unspecified atom stereocenters. The van der Waals surface area contributed by atoms with Crippen LogP contribution in [0.5, 0.6) is 0 Å². The number of rotatable bonds is 4. The maximum absolute atomic E-state index is 11.3. The smallest absolute Gasteiger partial charge is 0.341 e. The van der Waals surface area contributed by atoms with Gasteiger partial charge in [0.2, 0.25) is 0 Å². The molecular formula is C10H13NO5. The molecule has 0 bridgehead atoms. The summed E-state index contributed by atoms with van der Waals surface area (Å²) >= 11 is 0. The molecule has 1 aromatic heterocycles. The Morgan fingerprint density at radius 2 is 2.19 bits per heavy atom. The lowest BCUT2D eigenvalue weighted by molar-refractivity contribution is 0.0689. The van der Waals surface area contributed by atoms with Crippen LogP contribution in [0.4, 0.5) is 0 Å². The van der Waals surface area contributed by atoms with Gasteiger partial charge in [0.25, 0.3) is 0 Å². The first-order valence-corrected chi connectivity index (χ1v) is 4.69. The SMILES string of the molecule is Cc1cc(=O)c(C(=O)O)cn1CC(O)CO. The maximum atomic E-state index is 11.3. The fourth-order valence-electron chi connectivity index (χ4n) is 1.31. The van der Waals surface area contributed by atoms with Crippen molar-refractivity contribution in [2.45, 2.75) is 19.6 Å². The first kappa shape index (κ1) is 12.4. The van der Waals surface area contributed by atoms with Gasteiger partial charge >= 0.3 is 5.97 Å². The van der Waals surface area contributed by atoms with Crippen LogP contribution in [-0.4, -0.2) is 38.6 Å². The minimum atomic E-state index is -1.31. The molecule has 0 amide bonds. The van der Waals surface area contributed by atoms with Crippen LogP contribution >= 0.6 is 0 Å². The molecule has 0 radical (unpaired) electrons. The summed E-state index contributed by atoms with van der Waals surface area (Å²) in [5.74, 6) is -1.31. The van der Waals surface area contributed by atoms with Crippen LogP contribution in [0.2, 0.25) is 0 Å². The molecule has 0 saturated heterocycles. The van der Waals surface area contributed by atoms with E-state index in [1.165, 1.54) is 16.8 Å². The van der Waals surface area contributed by atoms with E-state index in [1.54, 1.807) is 6.92 Å². The lowest BCUT2D eigenvalue weighted by Gasteiger charge is -2.14. The molecule has 1 heterocycles. The van der Waals surface area contributed by atoms with Gasteiger partial charge in [-0.1, -0.05) is 0 Å². The molecule has 16 heavy (non-hydrogen) atoms. The number of hydrogen-bond acceptors (Lipinski definition) is 4. The third-order valence-electron chi connectivity index (χ3n) is 2.19. The fraction of sp³-hybridized carbons (Fsp3) is 0.400. The van der Waals surface area contributed by atoms with Gasteiger partial charge in [-0.05, 0) is 6.92 Å². The first-order chi connectivity index (χ1) is 7.45. The third-order valence-corrected chi connectivity index (χ3v) is 2.19. The van der Waals surface area contributed by atoms with Crippen LogP contribution in [0.25, 0.3) is 0 Å². The maximum Gasteiger partial charge on any atom is 0.341 e. The molecule has 88 valence electrons. The van der Waals surface area contributed by atoms with Gasteiger partial charge in [-0.25, -0.2) is 4.79 Å². The Balaban J connectivity index is 3.15. The predicted octanol–water partition coefficient (Wildman–Crippen LogP) is -0.792. The highest BCUT2D eigenvalue weighted by atomic mass is 16.4. The van der Waals surface area contributed by atoms with Gasteiger partial charge in [-0.2, -0.15) is 0 Å². The van der Waals surface area contributed by atoms with Gasteiger partial charge in [0, 0.05) is 18.0 Å². The van der Waals surface area contributed by atoms with Crippen molar-refractivity contribution < 1.29 is 20.1 Å². The van der Waals surface area contributed by atoms with Crippen molar-refractivity contribution in [3.63, 3.8) is 0 Å². The Hall–Kier alpha value is -1.66. The largest absolute Gasteiger partial charge is 0.477 e. The lowest BCUT2D eigenvalue weighted by Crippen LogP contribution is -2.25. The van der Waals surface area contributed by atoms with Crippen LogP contribution < -0.4 is 5.43 Å². The Morgan fingerprint density at radius 3 is 2.69 bits per heavy atom. The summed E-state index contributed by atoms with van der Waals surface area (Å²) in [6, 6.07) is 1.19. The van der Waals surface area contributed by atoms with Crippen LogP contribution in [0.3, 0.4) is 0 Å². The molecule has 1 atom stereocenters. The number of carboxylic acid groups (broad SMARTS) is 1. The molecule has 3 N–H and O–H groups in total. The van der Waals surface area contributed by atoms with E-state index in [1.807, 2.05) is 0 Å². The summed E-state index contributed by atoms with van der Waals surface area (Å²) in [6.45, 7) is 1.24. The molecule has 1 aromatic rings. The van der Waals surface area contributed by atoms with E-state index in [0.717, 1.165) is 0 Å². The highest BCUT2D eigenvalue weighted by Gasteiger charge is 2.12. The van der Waals surface area contributed by atoms with E-state index in [4.69, 9.17) is 10.2 Å². The normalized spacial score (nSPS) is 12.4. The van der Waals surface area contributed by atoms with E-state index in [9.17, 15) is 14.7 Å². The van der Waals surface area contributed by atoms with Gasteiger partial charge < -0.3 is 19.9 Å². The van der Waals surface area contributed by atoms with E-state index < -0.39 is 24.1 Å². The van der Waals surface area contributed by atoms with Gasteiger partial charge in [0.05, 0.1) is 19.3 Å². The minimum absolute atomic E-state index is 0.0445. The second-order valence-electron chi connectivity index (χ2n) is 3.49. The third kappa shape index (κ3) is 2.68. The Morgan fingerprint density at radius 1 is 1.56 bits per heavy atom. The molecular weight excluding hydrogens is 214 g/mol. The molecule has 0 aliphatic carbocycles. The number of aromatic nitrogens is 1. The predicted molar refractivity (Wildman–Crippen MR) is 55.5 cm³/mol. The number of carbonyl (C=O) groups is 1. The van der Waals surface area contributed by atoms with Gasteiger partial charge in [0.15, 0.2) is 5.43 Å². The average Bonchev–Trinajstić information content (AvgIpc) is 2.21. The van der Waals surface area contributed by atoms with Crippen LogP contribution in [0.1, 0.15) is 16.1 Å². The van der Waals surface area contributed by atoms with E-state index in [0.29, 0.717) is 5.69 Å². The van der Waals surface area contributed by atoms with Crippen molar-refractivity contribution in [1.82, 2.24) is 4.57 Å². The van der Waals surface area contributed by atoms with Crippen molar-refractivity contribution in [2.75, 3.05) is 6.61 Å². The first-order valence-electron chi connectivity index (χ1n) is 4.69. The number of carboxylic acids is 1. The minimum Gasteiger partial charge on any atom is -0.477 e. The summed E-state index contributed by atoms with van der Waals surface area (Å²) in [7, 11) is 0. The highest BCUT2D eigenvalue weighted by molar-refractivity contribution is 5.87. The standard InChI is InChI=1S/C10H13NO5/c1-6-2-9(14)8(10(15)16)4-11(6)3-7(13)5-12/h2,4,7,12-13H,3,5H2,1H3,(H,15,16). The molecule has 0 aliphatic rings. The summed E-state index contributed by atoms with van der Waals surface area (Å²) in [6.07, 6.45) is 0.182.